The first kappa shape index (κ1) is 17.1. The Morgan fingerprint density at radius 1 is 1.30 bits per heavy atom. The number of halogens is 3. The van der Waals surface area contributed by atoms with Gasteiger partial charge in [0, 0.05) is 0 Å². The van der Waals surface area contributed by atoms with Crippen LogP contribution < -0.4 is 5.32 Å². The zero-order valence-electron chi connectivity index (χ0n) is 10.1. The Morgan fingerprint density at radius 3 is 2.45 bits per heavy atom. The second-order valence-electron chi connectivity index (χ2n) is 4.11. The third kappa shape index (κ3) is 6.02. The number of carboxylic acids is 1. The van der Waals surface area contributed by atoms with E-state index in [1.54, 1.807) is 0 Å². The van der Waals surface area contributed by atoms with Gasteiger partial charge in [-0.2, -0.15) is 0 Å². The first-order valence-corrected chi connectivity index (χ1v) is 6.71. The standard InChI is InChI=1S/C10H12Cl3NO6/c11-10(12,13)4-20-9(18)19-2-1-5-6(3-7(15)16)14-8(5)17/h5-6H,1-4H2,(H,14,17)(H,15,16)/t5-,6-/m1/s1. The van der Waals surface area contributed by atoms with Gasteiger partial charge < -0.3 is 19.9 Å². The van der Waals surface area contributed by atoms with Crippen molar-refractivity contribution in [1.29, 1.82) is 0 Å². The molecule has 0 spiro atoms. The maximum Gasteiger partial charge on any atom is 0.508 e. The number of amides is 1. The van der Waals surface area contributed by atoms with Crippen LogP contribution in [0.1, 0.15) is 12.8 Å². The molecule has 20 heavy (non-hydrogen) atoms. The number of nitrogens with one attached hydrogen (secondary N) is 1. The molecule has 114 valence electrons. The number of hydrogen-bond donors (Lipinski definition) is 2. The summed E-state index contributed by atoms with van der Waals surface area (Å²) in [5, 5.41) is 11.1. The molecule has 10 heteroatoms. The molecular formula is C10H12Cl3NO6. The highest BCUT2D eigenvalue weighted by Gasteiger charge is 2.40. The zero-order valence-corrected chi connectivity index (χ0v) is 12.4. The maximum atomic E-state index is 11.2. The Labute approximate surface area is 129 Å². The Hall–Kier alpha value is -0.920. The molecule has 1 aliphatic rings. The second-order valence-corrected chi connectivity index (χ2v) is 6.63. The average Bonchev–Trinajstić information content (AvgIpc) is 2.30. The predicted molar refractivity (Wildman–Crippen MR) is 69.9 cm³/mol. The van der Waals surface area contributed by atoms with E-state index in [1.807, 2.05) is 0 Å². The van der Waals surface area contributed by atoms with E-state index in [2.05, 4.69) is 14.8 Å². The molecule has 0 bridgehead atoms. The fourth-order valence-electron chi connectivity index (χ4n) is 1.64. The number of rotatable bonds is 6. The lowest BCUT2D eigenvalue weighted by atomic mass is 9.86. The number of carboxylic acid groups (broad SMARTS) is 1. The van der Waals surface area contributed by atoms with Gasteiger partial charge in [-0.25, -0.2) is 4.79 Å². The summed E-state index contributed by atoms with van der Waals surface area (Å²) in [5.41, 5.74) is 0. The largest absolute Gasteiger partial charge is 0.508 e. The van der Waals surface area contributed by atoms with E-state index < -0.39 is 34.5 Å². The molecule has 2 atom stereocenters. The first-order valence-electron chi connectivity index (χ1n) is 5.57. The van der Waals surface area contributed by atoms with Crippen molar-refractivity contribution in [3.8, 4) is 0 Å². The molecule has 0 aromatic rings. The van der Waals surface area contributed by atoms with Crippen LogP contribution >= 0.6 is 34.8 Å². The van der Waals surface area contributed by atoms with Crippen molar-refractivity contribution in [2.75, 3.05) is 13.2 Å². The van der Waals surface area contributed by atoms with E-state index in [4.69, 9.17) is 39.9 Å². The summed E-state index contributed by atoms with van der Waals surface area (Å²) < 4.78 is 7.46. The molecule has 1 heterocycles. The van der Waals surface area contributed by atoms with E-state index in [9.17, 15) is 14.4 Å². The van der Waals surface area contributed by atoms with Crippen LogP contribution in [0.3, 0.4) is 0 Å². The fourth-order valence-corrected chi connectivity index (χ4v) is 1.81. The summed E-state index contributed by atoms with van der Waals surface area (Å²) >= 11 is 16.1. The first-order chi connectivity index (χ1) is 9.19. The smallest absolute Gasteiger partial charge is 0.481 e. The Morgan fingerprint density at radius 2 is 1.95 bits per heavy atom. The van der Waals surface area contributed by atoms with Gasteiger partial charge in [0.2, 0.25) is 9.70 Å². The summed E-state index contributed by atoms with van der Waals surface area (Å²) in [4.78, 5) is 32.9. The quantitative estimate of drug-likeness (QED) is 0.428. The van der Waals surface area contributed by atoms with Gasteiger partial charge in [-0.05, 0) is 6.42 Å². The van der Waals surface area contributed by atoms with Gasteiger partial charge in [0.1, 0.15) is 6.61 Å². The maximum absolute atomic E-state index is 11.2. The summed E-state index contributed by atoms with van der Waals surface area (Å²) in [5.74, 6) is -1.77. The van der Waals surface area contributed by atoms with Crippen LogP contribution in [0.15, 0.2) is 0 Å². The molecular weight excluding hydrogens is 336 g/mol. The highest BCUT2D eigenvalue weighted by molar-refractivity contribution is 6.67. The summed E-state index contributed by atoms with van der Waals surface area (Å²) in [7, 11) is 0. The minimum absolute atomic E-state index is 0.0904. The van der Waals surface area contributed by atoms with Crippen LogP contribution in [0.4, 0.5) is 4.79 Å². The molecule has 0 aromatic carbocycles. The molecule has 1 aliphatic heterocycles. The van der Waals surface area contributed by atoms with Gasteiger partial charge >= 0.3 is 12.1 Å². The number of hydrogen-bond acceptors (Lipinski definition) is 5. The average molecular weight is 349 g/mol. The molecule has 1 saturated heterocycles. The van der Waals surface area contributed by atoms with Gasteiger partial charge in [-0.1, -0.05) is 34.8 Å². The molecule has 0 aliphatic carbocycles. The van der Waals surface area contributed by atoms with E-state index >= 15 is 0 Å². The topological polar surface area (TPSA) is 102 Å². The second kappa shape index (κ2) is 7.19. The highest BCUT2D eigenvalue weighted by atomic mass is 35.6. The third-order valence-electron chi connectivity index (χ3n) is 2.55. The van der Waals surface area contributed by atoms with E-state index in [-0.39, 0.29) is 25.4 Å². The van der Waals surface area contributed by atoms with Crippen molar-refractivity contribution < 1.29 is 29.0 Å². The van der Waals surface area contributed by atoms with Crippen LogP contribution in [0, 0.1) is 5.92 Å². The lowest BCUT2D eigenvalue weighted by Gasteiger charge is -2.35. The van der Waals surface area contributed by atoms with Crippen molar-refractivity contribution in [2.45, 2.75) is 22.7 Å². The minimum Gasteiger partial charge on any atom is -0.481 e. The number of carbonyl (C=O) groups excluding carboxylic acids is 2. The molecule has 1 fully saturated rings. The molecule has 7 nitrogen and oxygen atoms in total. The van der Waals surface area contributed by atoms with Crippen molar-refractivity contribution in [3.05, 3.63) is 0 Å². The van der Waals surface area contributed by atoms with Gasteiger partial charge in [-0.15, -0.1) is 0 Å². The fraction of sp³-hybridized carbons (Fsp3) is 0.700. The van der Waals surface area contributed by atoms with Gasteiger partial charge in [-0.3, -0.25) is 9.59 Å². The molecule has 0 aromatic heterocycles. The number of alkyl halides is 3. The summed E-state index contributed by atoms with van der Waals surface area (Å²) in [6, 6.07) is -0.444. The van der Waals surface area contributed by atoms with Crippen LogP contribution in [0.2, 0.25) is 0 Å². The molecule has 1 amide bonds. The van der Waals surface area contributed by atoms with Crippen LogP contribution in [-0.2, 0) is 19.1 Å². The molecule has 1 rings (SSSR count). The Kier molecular flexibility index (Phi) is 6.16. The minimum atomic E-state index is -1.72. The molecule has 2 N–H and O–H groups in total. The number of carbonyl (C=O) groups is 3. The molecule has 0 saturated carbocycles. The van der Waals surface area contributed by atoms with E-state index in [0.29, 0.717) is 0 Å². The zero-order chi connectivity index (χ0) is 15.3. The van der Waals surface area contributed by atoms with Gasteiger partial charge in [0.15, 0.2) is 0 Å². The summed E-state index contributed by atoms with van der Waals surface area (Å²) in [6.45, 7) is -0.547. The van der Waals surface area contributed by atoms with Crippen molar-refractivity contribution in [1.82, 2.24) is 5.32 Å². The molecule has 0 unspecified atom stereocenters. The van der Waals surface area contributed by atoms with Crippen molar-refractivity contribution in [3.63, 3.8) is 0 Å². The van der Waals surface area contributed by atoms with Gasteiger partial charge in [0.05, 0.1) is 25.0 Å². The number of ether oxygens (including phenoxy) is 2. The van der Waals surface area contributed by atoms with E-state index in [0.717, 1.165) is 0 Å². The van der Waals surface area contributed by atoms with Crippen molar-refractivity contribution in [2.24, 2.45) is 5.92 Å². The van der Waals surface area contributed by atoms with Crippen LogP contribution in [-0.4, -0.2) is 46.2 Å². The lowest BCUT2D eigenvalue weighted by molar-refractivity contribution is -0.143. The van der Waals surface area contributed by atoms with E-state index in [1.165, 1.54) is 0 Å². The SMILES string of the molecule is O=C(O)C[C@H]1NC(=O)[C@@H]1CCOC(=O)OCC(Cl)(Cl)Cl. The van der Waals surface area contributed by atoms with Crippen molar-refractivity contribution >= 4 is 52.8 Å². The van der Waals surface area contributed by atoms with Crippen LogP contribution in [0.5, 0.6) is 0 Å². The lowest BCUT2D eigenvalue weighted by Crippen LogP contribution is -2.59. The van der Waals surface area contributed by atoms with Gasteiger partial charge in [0.25, 0.3) is 0 Å². The summed E-state index contributed by atoms with van der Waals surface area (Å²) in [6.07, 6.45) is -0.994. The Bertz CT molecular complexity index is 397. The molecule has 0 radical (unpaired) electrons. The Balaban J connectivity index is 2.21. The normalized spacial score (nSPS) is 21.6. The monoisotopic (exact) mass is 347 g/mol. The number of aliphatic carboxylic acids is 1. The predicted octanol–water partition coefficient (Wildman–Crippen LogP) is 1.49. The van der Waals surface area contributed by atoms with Crippen LogP contribution in [0.25, 0.3) is 0 Å². The number of β-lactam (4-membered cyclic amide) rings is 1. The third-order valence-corrected chi connectivity index (χ3v) is 2.87. The highest BCUT2D eigenvalue weighted by Crippen LogP contribution is 2.26.